The number of phenols is 1. The van der Waals surface area contributed by atoms with Crippen LogP contribution in [0.4, 0.5) is 5.82 Å². The van der Waals surface area contributed by atoms with E-state index in [-0.39, 0.29) is 46.2 Å². The summed E-state index contributed by atoms with van der Waals surface area (Å²) >= 11 is 0.760. The Kier molecular flexibility index (Phi) is 12.0. The number of hydrogen-bond donors (Lipinski definition) is 4. The highest BCUT2D eigenvalue weighted by Crippen LogP contribution is 2.64. The van der Waals surface area contributed by atoms with Crippen LogP contribution in [0.15, 0.2) is 88.2 Å². The molecule has 2 aromatic carbocycles. The van der Waals surface area contributed by atoms with Crippen molar-refractivity contribution in [2.45, 2.75) is 55.1 Å². The van der Waals surface area contributed by atoms with E-state index in [2.05, 4.69) is 25.1 Å². The van der Waals surface area contributed by atoms with Gasteiger partial charge >= 0.3 is 18.5 Å². The number of ether oxygens (including phenoxy) is 4. The molecule has 8 atom stereocenters. The van der Waals surface area contributed by atoms with Gasteiger partial charge in [-0.15, -0.1) is 4.91 Å². The summed E-state index contributed by atoms with van der Waals surface area (Å²) in [5.41, 5.74) is -0.271. The molecule has 3 aromatic heterocycles. The molecule has 0 aliphatic carbocycles. The van der Waals surface area contributed by atoms with E-state index >= 15 is 0 Å². The number of aromatic amines is 1. The Morgan fingerprint density at radius 1 is 1.04 bits per heavy atom. The first-order chi connectivity index (χ1) is 27.5. The van der Waals surface area contributed by atoms with Crippen LogP contribution in [0.3, 0.4) is 0 Å². The lowest BCUT2D eigenvalue weighted by molar-refractivity contribution is -0.0625. The second-order valence-electron chi connectivity index (χ2n) is 12.7. The molecule has 0 amide bonds. The van der Waals surface area contributed by atoms with Gasteiger partial charge in [-0.05, 0) is 58.5 Å². The van der Waals surface area contributed by atoms with E-state index in [9.17, 15) is 39.2 Å². The summed E-state index contributed by atoms with van der Waals surface area (Å²) in [4.78, 5) is 62.4. The zero-order valence-electron chi connectivity index (χ0n) is 29.7. The maximum Gasteiger partial charge on any atom is 0.389 e. The Morgan fingerprint density at radius 2 is 1.81 bits per heavy atom. The Labute approximate surface area is 324 Å². The fourth-order valence-electron chi connectivity index (χ4n) is 6.22. The van der Waals surface area contributed by atoms with Crippen LogP contribution < -0.4 is 16.0 Å². The van der Waals surface area contributed by atoms with Crippen molar-refractivity contribution >= 4 is 41.1 Å². The Balaban J connectivity index is 1.09. The molecule has 57 heavy (non-hydrogen) atoms. The summed E-state index contributed by atoms with van der Waals surface area (Å²) in [6.07, 6.45) is -4.10. The van der Waals surface area contributed by atoms with Crippen molar-refractivity contribution in [2.24, 2.45) is 5.18 Å². The summed E-state index contributed by atoms with van der Waals surface area (Å²) in [7, 11) is 1.30. The topological polar surface area (TPSA) is 278 Å². The zero-order valence-corrected chi connectivity index (χ0v) is 31.4. The Hall–Kier alpha value is -5.16. The van der Waals surface area contributed by atoms with E-state index in [1.54, 1.807) is 12.1 Å². The molecule has 2 fully saturated rings. The monoisotopic (exact) mass is 827 g/mol. The number of carbonyl (C=O) groups is 1. The van der Waals surface area contributed by atoms with Crippen molar-refractivity contribution in [2.75, 3.05) is 20.3 Å². The number of aliphatic hydroxyl groups is 2. The SMILES string of the molecule is COC1C(O[P@](=O)(OC[C@H]2O[C@@H](n3cnc4c(N=O)ncnc43)C[C@H]2O)SCc2ccc(OC(=O)c3ccc(O)cc3)cc2)[C@@H](CO)O[C@H]1n1ccc(=O)[nH]c1=O. The Morgan fingerprint density at radius 3 is 2.51 bits per heavy atom. The summed E-state index contributed by atoms with van der Waals surface area (Å²) in [6, 6.07) is 13.0. The van der Waals surface area contributed by atoms with Crippen molar-refractivity contribution in [3.05, 3.63) is 110 Å². The number of H-pyrrole nitrogens is 1. The van der Waals surface area contributed by atoms with Crippen molar-refractivity contribution in [1.82, 2.24) is 29.1 Å². The molecular formula is C34H34N7O14PS. The summed E-state index contributed by atoms with van der Waals surface area (Å²) in [5.74, 6) is -0.583. The minimum atomic E-state index is -4.34. The number of methoxy groups -OCH3 is 1. The zero-order chi connectivity index (χ0) is 40.3. The van der Waals surface area contributed by atoms with E-state index < -0.39 is 80.2 Å². The quantitative estimate of drug-likeness (QED) is 0.0511. The van der Waals surface area contributed by atoms with Gasteiger partial charge in [0.2, 0.25) is 5.82 Å². The molecule has 5 aromatic rings. The molecule has 2 unspecified atom stereocenters. The lowest BCUT2D eigenvalue weighted by atomic mass is 10.1. The third-order valence-corrected chi connectivity index (χ3v) is 12.7. The first kappa shape index (κ1) is 40.1. The number of hydrogen-bond acceptors (Lipinski definition) is 19. The van der Waals surface area contributed by atoms with Crippen LogP contribution in [0, 0.1) is 4.91 Å². The molecule has 0 radical (unpaired) electrons. The minimum absolute atomic E-state index is 0.00400. The average molecular weight is 828 g/mol. The van der Waals surface area contributed by atoms with Crippen LogP contribution in [0.25, 0.3) is 11.2 Å². The molecule has 5 heterocycles. The molecule has 23 heteroatoms. The van der Waals surface area contributed by atoms with Gasteiger partial charge in [-0.25, -0.2) is 29.1 Å². The highest BCUT2D eigenvalue weighted by atomic mass is 32.7. The summed E-state index contributed by atoms with van der Waals surface area (Å²) < 4.78 is 52.5. The number of nitroso groups, excluding NO2 is 1. The van der Waals surface area contributed by atoms with E-state index in [0.29, 0.717) is 5.56 Å². The highest BCUT2D eigenvalue weighted by molar-refractivity contribution is 8.54. The van der Waals surface area contributed by atoms with E-state index in [0.717, 1.165) is 28.3 Å². The van der Waals surface area contributed by atoms with Gasteiger partial charge in [0, 0.05) is 31.5 Å². The maximum absolute atomic E-state index is 14.7. The third-order valence-electron chi connectivity index (χ3n) is 9.08. The smallest absolute Gasteiger partial charge is 0.389 e. The molecule has 7 rings (SSSR count). The van der Waals surface area contributed by atoms with Gasteiger partial charge in [0.25, 0.3) is 5.56 Å². The van der Waals surface area contributed by atoms with Gasteiger partial charge in [-0.1, -0.05) is 12.1 Å². The van der Waals surface area contributed by atoms with Crippen LogP contribution >= 0.6 is 18.2 Å². The van der Waals surface area contributed by atoms with Gasteiger partial charge in [0.05, 0.1) is 31.2 Å². The first-order valence-electron chi connectivity index (χ1n) is 17.1. The predicted molar refractivity (Wildman–Crippen MR) is 198 cm³/mol. The van der Waals surface area contributed by atoms with Crippen molar-refractivity contribution in [3.8, 4) is 11.5 Å². The molecule has 21 nitrogen and oxygen atoms in total. The van der Waals surface area contributed by atoms with Crippen LogP contribution in [-0.2, 0) is 33.6 Å². The van der Waals surface area contributed by atoms with E-state index in [1.807, 2.05) is 0 Å². The van der Waals surface area contributed by atoms with Gasteiger partial charge in [-0.2, -0.15) is 0 Å². The molecule has 0 spiro atoms. The van der Waals surface area contributed by atoms with Crippen molar-refractivity contribution in [3.63, 3.8) is 0 Å². The largest absolute Gasteiger partial charge is 0.508 e. The molecule has 0 bridgehead atoms. The second-order valence-corrected chi connectivity index (χ2v) is 16.7. The number of phenolic OH excluding ortho intramolecular Hbond substituents is 1. The number of imidazole rings is 1. The molecule has 300 valence electrons. The van der Waals surface area contributed by atoms with E-state index in [1.165, 1.54) is 60.6 Å². The number of fused-ring (bicyclic) bond motifs is 1. The normalized spacial score (nSPS) is 24.4. The minimum Gasteiger partial charge on any atom is -0.508 e. The number of benzene rings is 2. The number of rotatable bonds is 15. The molecule has 2 aliphatic rings. The highest BCUT2D eigenvalue weighted by Gasteiger charge is 2.51. The van der Waals surface area contributed by atoms with Gasteiger partial charge in [-0.3, -0.25) is 28.0 Å². The maximum atomic E-state index is 14.7. The number of nitrogens with one attached hydrogen (secondary N) is 1. The van der Waals surface area contributed by atoms with E-state index in [4.69, 9.17) is 28.0 Å². The van der Waals surface area contributed by atoms with Crippen LogP contribution in [0.2, 0.25) is 0 Å². The summed E-state index contributed by atoms with van der Waals surface area (Å²) in [6.45, 7) is -5.44. The fourth-order valence-corrected chi connectivity index (χ4v) is 9.61. The number of aromatic nitrogens is 6. The second kappa shape index (κ2) is 17.1. The van der Waals surface area contributed by atoms with Crippen molar-refractivity contribution < 1.29 is 52.7 Å². The fraction of sp³-hybridized carbons (Fsp3) is 0.353. The standard InChI is InChI=1S/C34H34N7O14PS/c1-50-29-28(23(13-42)54-32(29)40-11-10-25(45)38-34(40)47)55-56(49,57-15-18-2-8-21(9-3-18)52-33(46)19-4-6-20(43)7-5-19)51-14-24-22(44)12-26(53-24)41-17-37-27-30(39-48)35-16-36-31(27)41/h2-11,16-17,22-24,26,28-29,32,42-44H,12-15H2,1H3,(H,38,45,47)/t22-,23-,24-,26-,28?,29?,32-,56+/m1/s1. The summed E-state index contributed by atoms with van der Waals surface area (Å²) in [5, 5.41) is 33.6. The number of esters is 1. The number of aliphatic hydroxyl groups excluding tert-OH is 2. The van der Waals surface area contributed by atoms with Crippen molar-refractivity contribution in [1.29, 1.82) is 0 Å². The molecule has 2 saturated heterocycles. The molecule has 2 aliphatic heterocycles. The number of carbonyl (C=O) groups excluding carboxylic acids is 1. The van der Waals surface area contributed by atoms with Crippen LogP contribution in [0.5, 0.6) is 11.5 Å². The van der Waals surface area contributed by atoms with Gasteiger partial charge in [0.1, 0.15) is 48.5 Å². The number of aromatic hydroxyl groups is 1. The average Bonchev–Trinajstić information content (AvgIpc) is 3.91. The molecule has 4 N–H and O–H groups in total. The third kappa shape index (κ3) is 8.73. The lowest BCUT2D eigenvalue weighted by Gasteiger charge is -2.28. The van der Waals surface area contributed by atoms with Crippen LogP contribution in [-0.4, -0.2) is 101 Å². The number of nitrogens with zero attached hydrogens (tertiary/aromatic N) is 6. The first-order valence-corrected chi connectivity index (χ1v) is 20.2. The molecular weight excluding hydrogens is 793 g/mol. The van der Waals surface area contributed by atoms with Crippen LogP contribution in [0.1, 0.15) is 34.8 Å². The lowest BCUT2D eigenvalue weighted by Crippen LogP contribution is -2.39. The van der Waals surface area contributed by atoms with Gasteiger partial charge < -0.3 is 34.3 Å². The Bertz CT molecular complexity index is 2390. The molecule has 0 saturated carbocycles. The predicted octanol–water partition coefficient (Wildman–Crippen LogP) is 2.70. The van der Waals surface area contributed by atoms with Gasteiger partial charge in [0.15, 0.2) is 17.4 Å².